The van der Waals surface area contributed by atoms with E-state index in [0.717, 1.165) is 4.90 Å². The summed E-state index contributed by atoms with van der Waals surface area (Å²) in [5.41, 5.74) is 0.0344. The Morgan fingerprint density at radius 3 is 2.54 bits per heavy atom. The summed E-state index contributed by atoms with van der Waals surface area (Å²) in [4.78, 5) is 66.8. The number of anilines is 1. The van der Waals surface area contributed by atoms with Crippen molar-refractivity contribution in [3.63, 3.8) is 0 Å². The van der Waals surface area contributed by atoms with E-state index in [-0.39, 0.29) is 54.9 Å². The number of carbonyl (C=O) groups excluding carboxylic acids is 5. The van der Waals surface area contributed by atoms with Gasteiger partial charge in [0.15, 0.2) is 5.78 Å². The minimum atomic E-state index is -1.38. The van der Waals surface area contributed by atoms with Gasteiger partial charge in [-0.1, -0.05) is 18.2 Å². The van der Waals surface area contributed by atoms with Gasteiger partial charge in [-0.2, -0.15) is 0 Å². The Hall–Kier alpha value is -4.01. The van der Waals surface area contributed by atoms with Crippen molar-refractivity contribution >= 4 is 35.1 Å². The van der Waals surface area contributed by atoms with Crippen LogP contribution in [-0.2, 0) is 16.1 Å². The third-order valence-electron chi connectivity index (χ3n) is 6.69. The molecule has 2 aromatic rings. The molecular weight excluding hydrogens is 450 g/mol. The van der Waals surface area contributed by atoms with Crippen LogP contribution in [0.1, 0.15) is 58.9 Å². The predicted molar refractivity (Wildman–Crippen MR) is 127 cm³/mol. The summed E-state index contributed by atoms with van der Waals surface area (Å²) in [6, 6.07) is 11.4. The van der Waals surface area contributed by atoms with Gasteiger partial charge in [0.1, 0.15) is 17.1 Å². The van der Waals surface area contributed by atoms with Crippen molar-refractivity contribution in [2.75, 3.05) is 19.5 Å². The smallest absolute Gasteiger partial charge is 0.321 e. The molecule has 9 heteroatoms. The molecule has 182 valence electrons. The topological polar surface area (TPSA) is 113 Å². The summed E-state index contributed by atoms with van der Waals surface area (Å²) < 4.78 is 5.17. The molecule has 1 fully saturated rings. The van der Waals surface area contributed by atoms with Gasteiger partial charge in [-0.3, -0.25) is 24.1 Å². The lowest BCUT2D eigenvalue weighted by Crippen LogP contribution is -2.54. The standard InChI is InChI=1S/C26H27N3O6/c1-26(13-12-18(30)10-11-21(26)31)29-23(32)20-9-4-6-16(22(20)24(29)33)15-28(2)25(34)27-17-7-5-8-19(14-17)35-3/h4-9,14H,10-13,15H2,1-3H3,(H,27,34). The number of hydrogen-bond donors (Lipinski definition) is 1. The summed E-state index contributed by atoms with van der Waals surface area (Å²) in [6.07, 6.45) is 0.364. The lowest BCUT2D eigenvalue weighted by atomic mass is 9.89. The second-order valence-corrected chi connectivity index (χ2v) is 9.04. The first-order valence-electron chi connectivity index (χ1n) is 11.4. The van der Waals surface area contributed by atoms with Crippen molar-refractivity contribution in [3.05, 3.63) is 59.2 Å². The SMILES string of the molecule is COc1cccc(NC(=O)N(C)Cc2cccc3c2C(=O)N(C2(C)CCC(=O)CCC2=O)C3=O)c1. The Morgan fingerprint density at radius 1 is 1.06 bits per heavy atom. The Labute approximate surface area is 203 Å². The molecule has 1 N–H and O–H groups in total. The molecular formula is C26H27N3O6. The van der Waals surface area contributed by atoms with Crippen molar-refractivity contribution in [3.8, 4) is 5.75 Å². The number of methoxy groups -OCH3 is 1. The molecule has 0 saturated heterocycles. The minimum Gasteiger partial charge on any atom is -0.497 e. The number of nitrogens with one attached hydrogen (secondary N) is 1. The minimum absolute atomic E-state index is 0.00275. The van der Waals surface area contributed by atoms with Crippen LogP contribution >= 0.6 is 0 Å². The molecule has 0 spiro atoms. The Balaban J connectivity index is 1.57. The molecule has 1 atom stereocenters. The van der Waals surface area contributed by atoms with Gasteiger partial charge in [0.05, 0.1) is 18.2 Å². The Kier molecular flexibility index (Phi) is 6.43. The highest BCUT2D eigenvalue weighted by molar-refractivity contribution is 6.24. The van der Waals surface area contributed by atoms with Crippen LogP contribution in [0.3, 0.4) is 0 Å². The zero-order chi connectivity index (χ0) is 25.3. The van der Waals surface area contributed by atoms with Gasteiger partial charge in [-0.25, -0.2) is 4.79 Å². The summed E-state index contributed by atoms with van der Waals surface area (Å²) in [5.74, 6) is -0.885. The van der Waals surface area contributed by atoms with Crippen molar-refractivity contribution in [2.24, 2.45) is 0 Å². The Bertz CT molecular complexity index is 1240. The zero-order valence-corrected chi connectivity index (χ0v) is 19.9. The monoisotopic (exact) mass is 477 g/mol. The lowest BCUT2D eigenvalue weighted by molar-refractivity contribution is -0.128. The molecule has 2 aliphatic rings. The predicted octanol–water partition coefficient (Wildman–Crippen LogP) is 3.43. The van der Waals surface area contributed by atoms with Crippen molar-refractivity contribution in [1.82, 2.24) is 9.80 Å². The number of amides is 4. The molecule has 0 bridgehead atoms. The first-order valence-corrected chi connectivity index (χ1v) is 11.4. The third-order valence-corrected chi connectivity index (χ3v) is 6.69. The number of ether oxygens (including phenoxy) is 1. The van der Waals surface area contributed by atoms with E-state index in [9.17, 15) is 24.0 Å². The molecule has 4 amide bonds. The summed E-state index contributed by atoms with van der Waals surface area (Å²) in [6.45, 7) is 1.62. The number of nitrogens with zero attached hydrogens (tertiary/aromatic N) is 2. The molecule has 1 saturated carbocycles. The van der Waals surface area contributed by atoms with Crippen LogP contribution < -0.4 is 10.1 Å². The number of carbonyl (C=O) groups is 5. The van der Waals surface area contributed by atoms with Gasteiger partial charge in [0, 0.05) is 44.6 Å². The second kappa shape index (κ2) is 9.32. The lowest BCUT2D eigenvalue weighted by Gasteiger charge is -2.35. The number of hydrogen-bond acceptors (Lipinski definition) is 6. The maximum absolute atomic E-state index is 13.5. The van der Waals surface area contributed by atoms with E-state index < -0.39 is 23.4 Å². The van der Waals surface area contributed by atoms with Crippen LogP contribution in [0.15, 0.2) is 42.5 Å². The van der Waals surface area contributed by atoms with E-state index in [0.29, 0.717) is 17.0 Å². The highest BCUT2D eigenvalue weighted by atomic mass is 16.5. The second-order valence-electron chi connectivity index (χ2n) is 9.04. The summed E-state index contributed by atoms with van der Waals surface area (Å²) in [5, 5.41) is 2.78. The van der Waals surface area contributed by atoms with Gasteiger partial charge in [0.25, 0.3) is 11.8 Å². The van der Waals surface area contributed by atoms with E-state index in [4.69, 9.17) is 4.74 Å². The normalized spacial score (nSPS) is 19.9. The van der Waals surface area contributed by atoms with Crippen LogP contribution in [0, 0.1) is 0 Å². The fraction of sp³-hybridized carbons (Fsp3) is 0.346. The summed E-state index contributed by atoms with van der Waals surface area (Å²) >= 11 is 0. The average Bonchev–Trinajstić information content (AvgIpc) is 3.03. The molecule has 1 aliphatic heterocycles. The van der Waals surface area contributed by atoms with E-state index in [1.807, 2.05) is 0 Å². The molecule has 2 aromatic carbocycles. The number of urea groups is 1. The number of rotatable bonds is 5. The molecule has 35 heavy (non-hydrogen) atoms. The number of imide groups is 1. The molecule has 1 unspecified atom stereocenters. The van der Waals surface area contributed by atoms with E-state index in [1.54, 1.807) is 56.4 Å². The molecule has 1 aliphatic carbocycles. The molecule has 9 nitrogen and oxygen atoms in total. The fourth-order valence-corrected chi connectivity index (χ4v) is 4.59. The van der Waals surface area contributed by atoms with Crippen molar-refractivity contribution < 1.29 is 28.7 Å². The van der Waals surface area contributed by atoms with Gasteiger partial charge in [0.2, 0.25) is 0 Å². The average molecular weight is 478 g/mol. The summed E-state index contributed by atoms with van der Waals surface area (Å²) in [7, 11) is 3.11. The zero-order valence-electron chi connectivity index (χ0n) is 19.9. The first kappa shape index (κ1) is 24.1. The maximum Gasteiger partial charge on any atom is 0.321 e. The number of Topliss-reactive ketones (excluding diaryl/α,β-unsaturated/α-hetero) is 2. The number of benzene rings is 2. The van der Waals surface area contributed by atoms with Crippen LogP contribution in [0.25, 0.3) is 0 Å². The fourth-order valence-electron chi connectivity index (χ4n) is 4.59. The molecule has 0 aromatic heterocycles. The van der Waals surface area contributed by atoms with E-state index >= 15 is 0 Å². The molecule has 0 radical (unpaired) electrons. The van der Waals surface area contributed by atoms with Gasteiger partial charge < -0.3 is 15.0 Å². The van der Waals surface area contributed by atoms with Crippen molar-refractivity contribution in [1.29, 1.82) is 0 Å². The highest BCUT2D eigenvalue weighted by Crippen LogP contribution is 2.37. The van der Waals surface area contributed by atoms with Crippen LogP contribution in [-0.4, -0.2) is 58.9 Å². The van der Waals surface area contributed by atoms with Crippen LogP contribution in [0.2, 0.25) is 0 Å². The van der Waals surface area contributed by atoms with Crippen LogP contribution in [0.5, 0.6) is 5.75 Å². The van der Waals surface area contributed by atoms with Gasteiger partial charge in [-0.05, 0) is 37.1 Å². The number of ketones is 2. The quantitative estimate of drug-likeness (QED) is 0.522. The Morgan fingerprint density at radius 2 is 1.80 bits per heavy atom. The highest BCUT2D eigenvalue weighted by Gasteiger charge is 2.51. The van der Waals surface area contributed by atoms with E-state index in [2.05, 4.69) is 5.32 Å². The van der Waals surface area contributed by atoms with Gasteiger partial charge >= 0.3 is 6.03 Å². The molecule has 4 rings (SSSR count). The number of fused-ring (bicyclic) bond motifs is 1. The van der Waals surface area contributed by atoms with Crippen molar-refractivity contribution in [2.45, 2.75) is 44.7 Å². The maximum atomic E-state index is 13.5. The third kappa shape index (κ3) is 4.41. The van der Waals surface area contributed by atoms with Gasteiger partial charge in [-0.15, -0.1) is 0 Å². The largest absolute Gasteiger partial charge is 0.497 e. The van der Waals surface area contributed by atoms with E-state index in [1.165, 1.54) is 12.0 Å². The first-order chi connectivity index (χ1) is 16.7. The molecule has 1 heterocycles. The van der Waals surface area contributed by atoms with Crippen LogP contribution in [0.4, 0.5) is 10.5 Å².